The number of nitrogens with one attached hydrogen (secondary N) is 1. The average Bonchev–Trinajstić information content (AvgIpc) is 2.76. The summed E-state index contributed by atoms with van der Waals surface area (Å²) in [6, 6.07) is 0. The molecule has 0 radical (unpaired) electrons. The van der Waals surface area contributed by atoms with Crippen molar-refractivity contribution in [3.8, 4) is 0 Å². The third-order valence-electron chi connectivity index (χ3n) is 0.0786. The van der Waals surface area contributed by atoms with E-state index in [-0.39, 0.29) is 228 Å². The summed E-state index contributed by atoms with van der Waals surface area (Å²) in [5.74, 6) is 0. The van der Waals surface area contributed by atoms with Crippen LogP contribution in [-0.2, 0) is 48.1 Å². The van der Waals surface area contributed by atoms with E-state index in [9.17, 15) is 0 Å². The molecule has 0 heterocycles. The van der Waals surface area contributed by atoms with Crippen molar-refractivity contribution >= 4 is 45.0 Å². The largest absolute Gasteiger partial charge is 1.00 e. The predicted octanol–water partition coefficient (Wildman–Crippen LogP) is -28.4. The number of rotatable bonds is 2. The fourth-order valence-corrected chi connectivity index (χ4v) is 0. The van der Waals surface area contributed by atoms with Crippen molar-refractivity contribution < 1.29 is 273 Å². The van der Waals surface area contributed by atoms with Gasteiger partial charge in [0.15, 0.2) is 0 Å². The van der Waals surface area contributed by atoms with E-state index in [1.165, 1.54) is 0 Å². The Morgan fingerprint density at radius 3 is 0.510 bits per heavy atom. The SMILES string of the molecule is C.C.CN(C)C.CN(C)C.CN(C)C.CNC.O.O.O=C=O.O=CO[O-].O=CO[O-].O=C[O-].O=C[O-].O=C[O-].O=C[O-].[Na+].[Na+].[Na+].[Na+].[Na+].[Na+].[OH-]. The van der Waals surface area contributed by atoms with Gasteiger partial charge in [0.05, 0.1) is 0 Å². The van der Waals surface area contributed by atoms with Gasteiger partial charge in [-0.2, -0.15) is 9.59 Å². The van der Waals surface area contributed by atoms with Crippen molar-refractivity contribution in [2.24, 2.45) is 0 Å². The summed E-state index contributed by atoms with van der Waals surface area (Å²) in [7, 11) is 21.8. The molecular formula is C20H53N4Na6O19-. The van der Waals surface area contributed by atoms with E-state index in [1.807, 2.05) is 92.2 Å². The van der Waals surface area contributed by atoms with Crippen molar-refractivity contribution in [2.75, 3.05) is 77.5 Å². The molecule has 6 N–H and O–H groups in total. The zero-order valence-corrected chi connectivity index (χ0v) is 42.8. The first-order chi connectivity index (χ1) is 17.5. The van der Waals surface area contributed by atoms with Crippen LogP contribution in [0.5, 0.6) is 0 Å². The Morgan fingerprint density at radius 2 is 0.510 bits per heavy atom. The fourth-order valence-electron chi connectivity index (χ4n) is 0. The van der Waals surface area contributed by atoms with Crippen LogP contribution in [0.4, 0.5) is 0 Å². The van der Waals surface area contributed by atoms with E-state index in [0.29, 0.717) is 0 Å². The fraction of sp³-hybridized carbons (Fsp3) is 0.650. The first-order valence-electron chi connectivity index (χ1n) is 8.59. The molecule has 0 unspecified atom stereocenters. The molecule has 29 heteroatoms. The Hall–Kier alpha value is 1.84. The van der Waals surface area contributed by atoms with Crippen LogP contribution in [0.3, 0.4) is 0 Å². The minimum Gasteiger partial charge on any atom is -0.870 e. The van der Waals surface area contributed by atoms with Gasteiger partial charge in [-0.15, -0.1) is 0 Å². The van der Waals surface area contributed by atoms with Crippen LogP contribution in [0.2, 0.25) is 0 Å². The molecular weight excluding hydrogens is 738 g/mol. The van der Waals surface area contributed by atoms with Crippen LogP contribution in [0.25, 0.3) is 0 Å². The molecule has 0 aliphatic rings. The molecule has 0 bridgehead atoms. The second-order valence-electron chi connectivity index (χ2n) is 5.38. The monoisotopic (exact) mass is 791 g/mol. The maximum atomic E-state index is 8.64. The third kappa shape index (κ3) is 7740. The first-order valence-corrected chi connectivity index (χ1v) is 8.59. The van der Waals surface area contributed by atoms with Gasteiger partial charge in [0.2, 0.25) is 0 Å². The van der Waals surface area contributed by atoms with Crippen LogP contribution in [0.15, 0.2) is 0 Å². The molecule has 0 saturated heterocycles. The maximum Gasteiger partial charge on any atom is 1.00 e. The van der Waals surface area contributed by atoms with Crippen molar-refractivity contribution in [3.05, 3.63) is 0 Å². The second kappa shape index (κ2) is 274. The minimum absolute atomic E-state index is 0. The Bertz CT molecular complexity index is 374. The van der Waals surface area contributed by atoms with E-state index in [0.717, 1.165) is 0 Å². The molecule has 0 aromatic heterocycles. The quantitative estimate of drug-likeness (QED) is 0.117. The van der Waals surface area contributed by atoms with Crippen LogP contribution < -0.4 is 214 Å². The van der Waals surface area contributed by atoms with Gasteiger partial charge in [-0.05, 0) is 77.5 Å². The van der Waals surface area contributed by atoms with Crippen molar-refractivity contribution in [3.63, 3.8) is 0 Å². The van der Waals surface area contributed by atoms with Gasteiger partial charge in [0.25, 0.3) is 12.9 Å². The number of carbonyl (C=O) groups excluding carboxylic acids is 8. The summed E-state index contributed by atoms with van der Waals surface area (Å²) in [5.41, 5.74) is 0. The standard InChI is InChI=1S/3C3H9N.C2H7N.2CH2O3.4CH2O2.CO2.2CH4.6Na.3H2O/c3*1-4(2)3;1-3-2;2*2-1-4-3;5*2-1-3;;;;;;;;;;;/h3*1-3H3;3H,1-2H3;2*1,3H;4*1H,(H,2,3);;2*1H4;;;;;;;3*1H2/q;;;;;;;;;;;;;6*+1;;;/p-7. The average molecular weight is 792 g/mol. The molecule has 0 spiro atoms. The molecule has 0 saturated carbocycles. The second-order valence-corrected chi connectivity index (χ2v) is 5.38. The summed E-state index contributed by atoms with van der Waals surface area (Å²) in [5, 5.41) is 52.6. The van der Waals surface area contributed by atoms with Gasteiger partial charge in [-0.1, -0.05) is 14.9 Å². The topological polar surface area (TPSA) is 408 Å². The molecule has 0 aromatic carbocycles. The molecule has 0 fully saturated rings. The molecule has 23 nitrogen and oxygen atoms in total. The first kappa shape index (κ1) is 152. The predicted molar refractivity (Wildman–Crippen MR) is 140 cm³/mol. The van der Waals surface area contributed by atoms with E-state index < -0.39 is 25.9 Å². The number of carboxylic acid groups (broad SMARTS) is 4. The van der Waals surface area contributed by atoms with Gasteiger partial charge in [-0.25, -0.2) is 0 Å². The van der Waals surface area contributed by atoms with E-state index >= 15 is 0 Å². The Morgan fingerprint density at radius 1 is 0.490 bits per heavy atom. The van der Waals surface area contributed by atoms with Crippen LogP contribution in [-0.4, -0.2) is 154 Å². The number of hydrogen-bond acceptors (Lipinski definition) is 21. The van der Waals surface area contributed by atoms with E-state index in [4.69, 9.17) is 69.3 Å². The zero-order valence-electron chi connectivity index (χ0n) is 30.8. The van der Waals surface area contributed by atoms with Gasteiger partial charge in [0.1, 0.15) is 0 Å². The summed E-state index contributed by atoms with van der Waals surface area (Å²) < 4.78 is 0. The van der Waals surface area contributed by atoms with Gasteiger partial charge >= 0.3 is 183 Å². The maximum absolute atomic E-state index is 8.64. The van der Waals surface area contributed by atoms with Gasteiger partial charge in [0, 0.05) is 25.9 Å². The van der Waals surface area contributed by atoms with Crippen LogP contribution in [0, 0.1) is 0 Å². The van der Waals surface area contributed by atoms with E-state index in [2.05, 4.69) is 15.1 Å². The third-order valence-corrected chi connectivity index (χ3v) is 0.0786. The Labute approximate surface area is 424 Å². The Kier molecular flexibility index (Phi) is 848. The normalized spacial score (nSPS) is 4.57. The number of carbonyl (C=O) groups is 6. The van der Waals surface area contributed by atoms with Crippen LogP contribution >= 0.6 is 0 Å². The summed E-state index contributed by atoms with van der Waals surface area (Å²) in [6.07, 6.45) is 0.250. The summed E-state index contributed by atoms with van der Waals surface area (Å²) >= 11 is 0. The molecule has 0 aliphatic heterocycles. The van der Waals surface area contributed by atoms with Gasteiger partial charge < -0.3 is 96.3 Å². The van der Waals surface area contributed by atoms with Crippen molar-refractivity contribution in [1.82, 2.24) is 20.0 Å². The molecule has 274 valence electrons. The smallest absolute Gasteiger partial charge is 0.870 e. The van der Waals surface area contributed by atoms with E-state index in [1.54, 1.807) is 0 Å². The molecule has 0 aliphatic carbocycles. The number of hydrogen-bond donors (Lipinski definition) is 1. The van der Waals surface area contributed by atoms with Crippen LogP contribution in [0.1, 0.15) is 14.9 Å². The summed E-state index contributed by atoms with van der Waals surface area (Å²) in [4.78, 5) is 77.8. The molecule has 0 amide bonds. The number of nitrogens with zero attached hydrogens (tertiary/aromatic N) is 3. The van der Waals surface area contributed by atoms with Crippen molar-refractivity contribution in [2.45, 2.75) is 14.9 Å². The molecule has 0 aromatic rings. The summed E-state index contributed by atoms with van der Waals surface area (Å²) in [6.45, 7) is -2.36. The Balaban J connectivity index is -0.00000000802. The molecule has 49 heavy (non-hydrogen) atoms. The van der Waals surface area contributed by atoms with Gasteiger partial charge in [-0.3, -0.25) is 9.59 Å². The molecule has 0 rings (SSSR count). The zero-order chi connectivity index (χ0) is 33.8. The van der Waals surface area contributed by atoms with Crippen molar-refractivity contribution in [1.29, 1.82) is 0 Å². The molecule has 0 atom stereocenters. The minimum atomic E-state index is -0.500.